The summed E-state index contributed by atoms with van der Waals surface area (Å²) >= 11 is 5.98. The lowest BCUT2D eigenvalue weighted by Gasteiger charge is -2.36. The van der Waals surface area contributed by atoms with Crippen molar-refractivity contribution in [1.29, 1.82) is 0 Å². The summed E-state index contributed by atoms with van der Waals surface area (Å²) in [5.41, 5.74) is 1.19. The van der Waals surface area contributed by atoms with E-state index >= 15 is 0 Å². The third-order valence-electron chi connectivity index (χ3n) is 5.26. The largest absolute Gasteiger partial charge is 0.491 e. The van der Waals surface area contributed by atoms with Gasteiger partial charge in [0, 0.05) is 49.5 Å². The van der Waals surface area contributed by atoms with Crippen LogP contribution in [0.5, 0.6) is 17.2 Å². The van der Waals surface area contributed by atoms with Gasteiger partial charge in [-0.05, 0) is 48.5 Å². The van der Waals surface area contributed by atoms with E-state index in [0.29, 0.717) is 18.0 Å². The lowest BCUT2D eigenvalue weighted by atomic mass is 10.2. The second kappa shape index (κ2) is 10.5. The number of nitrogens with zero attached hydrogens (tertiary/aromatic N) is 2. The van der Waals surface area contributed by atoms with Crippen LogP contribution < -0.4 is 14.4 Å². The van der Waals surface area contributed by atoms with Crippen LogP contribution in [-0.4, -0.2) is 55.4 Å². The molecule has 1 fully saturated rings. The van der Waals surface area contributed by atoms with Crippen molar-refractivity contribution in [3.63, 3.8) is 0 Å². The third kappa shape index (κ3) is 6.37. The molecular formula is C25H27ClN2O3. The lowest BCUT2D eigenvalue weighted by Crippen LogP contribution is -2.49. The van der Waals surface area contributed by atoms with Crippen molar-refractivity contribution in [1.82, 2.24) is 4.90 Å². The van der Waals surface area contributed by atoms with E-state index in [1.54, 1.807) is 0 Å². The number of β-amino-alcohol motifs (C(OH)–C–C–N with tert-alkyl or cyclic N) is 1. The Bertz CT molecular complexity index is 944. The molecule has 0 spiro atoms. The fourth-order valence-electron chi connectivity index (χ4n) is 3.64. The molecule has 0 saturated carbocycles. The Kier molecular flexibility index (Phi) is 7.30. The second-order valence-corrected chi connectivity index (χ2v) is 8.06. The predicted octanol–water partition coefficient (Wildman–Crippen LogP) is 4.69. The van der Waals surface area contributed by atoms with Gasteiger partial charge in [0.1, 0.15) is 30.0 Å². The van der Waals surface area contributed by atoms with Crippen LogP contribution in [0.1, 0.15) is 0 Å². The zero-order valence-electron chi connectivity index (χ0n) is 17.4. The molecule has 1 saturated heterocycles. The number of aliphatic hydroxyl groups excluding tert-OH is 1. The molecule has 6 heteroatoms. The minimum Gasteiger partial charge on any atom is -0.491 e. The van der Waals surface area contributed by atoms with E-state index in [0.717, 1.165) is 37.0 Å². The molecule has 1 atom stereocenters. The van der Waals surface area contributed by atoms with Gasteiger partial charge >= 0.3 is 0 Å². The molecule has 1 unspecified atom stereocenters. The summed E-state index contributed by atoms with van der Waals surface area (Å²) in [7, 11) is 0. The summed E-state index contributed by atoms with van der Waals surface area (Å²) in [6, 6.07) is 25.1. The minimum absolute atomic E-state index is 0.242. The molecule has 0 radical (unpaired) electrons. The topological polar surface area (TPSA) is 45.2 Å². The van der Waals surface area contributed by atoms with Crippen molar-refractivity contribution in [2.45, 2.75) is 6.10 Å². The number of para-hydroxylation sites is 1. The molecule has 162 valence electrons. The summed E-state index contributed by atoms with van der Waals surface area (Å²) in [6.07, 6.45) is -0.555. The fraction of sp³-hybridized carbons (Fsp3) is 0.280. The average Bonchev–Trinajstić information content (AvgIpc) is 2.80. The fourth-order valence-corrected chi connectivity index (χ4v) is 3.76. The van der Waals surface area contributed by atoms with E-state index in [9.17, 15) is 5.11 Å². The molecular weight excluding hydrogens is 412 g/mol. The molecule has 0 aromatic heterocycles. The van der Waals surface area contributed by atoms with E-state index < -0.39 is 6.10 Å². The summed E-state index contributed by atoms with van der Waals surface area (Å²) in [4.78, 5) is 4.61. The number of aliphatic hydroxyl groups is 1. The summed E-state index contributed by atoms with van der Waals surface area (Å²) in [6.45, 7) is 4.49. The Morgan fingerprint density at radius 2 is 1.48 bits per heavy atom. The number of hydrogen-bond donors (Lipinski definition) is 1. The smallest absolute Gasteiger partial charge is 0.131 e. The van der Waals surface area contributed by atoms with E-state index in [1.165, 1.54) is 5.69 Å². The number of hydrogen-bond acceptors (Lipinski definition) is 5. The van der Waals surface area contributed by atoms with Gasteiger partial charge in [0.25, 0.3) is 0 Å². The predicted molar refractivity (Wildman–Crippen MR) is 125 cm³/mol. The molecule has 1 heterocycles. The van der Waals surface area contributed by atoms with Gasteiger partial charge < -0.3 is 19.5 Å². The van der Waals surface area contributed by atoms with Crippen molar-refractivity contribution in [3.8, 4) is 17.2 Å². The maximum atomic E-state index is 10.5. The molecule has 3 aromatic rings. The van der Waals surface area contributed by atoms with Gasteiger partial charge in [-0.3, -0.25) is 4.90 Å². The molecule has 0 bridgehead atoms. The number of rotatable bonds is 8. The molecule has 0 amide bonds. The highest BCUT2D eigenvalue weighted by atomic mass is 35.5. The highest BCUT2D eigenvalue weighted by Gasteiger charge is 2.20. The van der Waals surface area contributed by atoms with Crippen LogP contribution in [0.2, 0.25) is 5.02 Å². The molecule has 1 N–H and O–H groups in total. The summed E-state index contributed by atoms with van der Waals surface area (Å²) < 4.78 is 11.6. The van der Waals surface area contributed by atoms with Crippen LogP contribution >= 0.6 is 11.6 Å². The van der Waals surface area contributed by atoms with E-state index in [2.05, 4.69) is 21.9 Å². The molecule has 3 aromatic carbocycles. The monoisotopic (exact) mass is 438 g/mol. The number of benzene rings is 3. The quantitative estimate of drug-likeness (QED) is 0.552. The first kappa shape index (κ1) is 21.5. The van der Waals surface area contributed by atoms with Gasteiger partial charge in [-0.2, -0.15) is 0 Å². The van der Waals surface area contributed by atoms with Crippen molar-refractivity contribution in [2.24, 2.45) is 0 Å². The molecule has 0 aliphatic carbocycles. The molecule has 1 aliphatic heterocycles. The summed E-state index contributed by atoms with van der Waals surface area (Å²) in [5.74, 6) is 2.16. The van der Waals surface area contributed by atoms with Crippen molar-refractivity contribution >= 4 is 17.3 Å². The van der Waals surface area contributed by atoms with E-state index in [1.807, 2.05) is 66.7 Å². The Morgan fingerprint density at radius 3 is 2.23 bits per heavy atom. The highest BCUT2D eigenvalue weighted by Crippen LogP contribution is 2.25. The molecule has 31 heavy (non-hydrogen) atoms. The Hall–Kier alpha value is -2.73. The van der Waals surface area contributed by atoms with Crippen LogP contribution in [0.15, 0.2) is 78.9 Å². The number of halogens is 1. The van der Waals surface area contributed by atoms with E-state index in [4.69, 9.17) is 21.1 Å². The average molecular weight is 439 g/mol. The van der Waals surface area contributed by atoms with Gasteiger partial charge in [0.15, 0.2) is 0 Å². The molecule has 4 rings (SSSR count). The first-order valence-corrected chi connectivity index (χ1v) is 10.9. The molecule has 5 nitrogen and oxygen atoms in total. The number of anilines is 1. The Labute approximate surface area is 188 Å². The Balaban J connectivity index is 1.21. The zero-order valence-corrected chi connectivity index (χ0v) is 18.1. The maximum Gasteiger partial charge on any atom is 0.131 e. The van der Waals surface area contributed by atoms with E-state index in [-0.39, 0.29) is 6.61 Å². The standard InChI is InChI=1S/C25H27ClN2O3/c26-20-9-11-21(12-10-20)28-15-13-27(14-16-28)18-22(29)19-30-24-7-4-8-25(17-24)31-23-5-2-1-3-6-23/h1-12,17,22,29H,13-16,18-19H2. The van der Waals surface area contributed by atoms with Gasteiger partial charge in [-0.15, -0.1) is 0 Å². The number of ether oxygens (including phenoxy) is 2. The highest BCUT2D eigenvalue weighted by molar-refractivity contribution is 6.30. The van der Waals surface area contributed by atoms with Crippen LogP contribution in [0.25, 0.3) is 0 Å². The van der Waals surface area contributed by atoms with Crippen molar-refractivity contribution in [3.05, 3.63) is 83.9 Å². The third-order valence-corrected chi connectivity index (χ3v) is 5.51. The van der Waals surface area contributed by atoms with Crippen LogP contribution in [0, 0.1) is 0 Å². The lowest BCUT2D eigenvalue weighted by molar-refractivity contribution is 0.0662. The maximum absolute atomic E-state index is 10.5. The SMILES string of the molecule is OC(COc1cccc(Oc2ccccc2)c1)CN1CCN(c2ccc(Cl)cc2)CC1. The van der Waals surface area contributed by atoms with Crippen LogP contribution in [0.3, 0.4) is 0 Å². The van der Waals surface area contributed by atoms with Crippen LogP contribution in [0.4, 0.5) is 5.69 Å². The normalized spacial score (nSPS) is 15.5. The summed E-state index contributed by atoms with van der Waals surface area (Å²) in [5, 5.41) is 11.2. The van der Waals surface area contributed by atoms with Gasteiger partial charge in [-0.25, -0.2) is 0 Å². The van der Waals surface area contributed by atoms with Gasteiger partial charge in [0.05, 0.1) is 0 Å². The second-order valence-electron chi connectivity index (χ2n) is 7.62. The van der Waals surface area contributed by atoms with Gasteiger partial charge in [0.2, 0.25) is 0 Å². The minimum atomic E-state index is -0.555. The van der Waals surface area contributed by atoms with Crippen molar-refractivity contribution in [2.75, 3.05) is 44.2 Å². The van der Waals surface area contributed by atoms with Crippen molar-refractivity contribution < 1.29 is 14.6 Å². The van der Waals surface area contributed by atoms with Crippen LogP contribution in [-0.2, 0) is 0 Å². The molecule has 1 aliphatic rings. The van der Waals surface area contributed by atoms with Gasteiger partial charge in [-0.1, -0.05) is 35.9 Å². The zero-order chi connectivity index (χ0) is 21.5. The first-order valence-electron chi connectivity index (χ1n) is 10.5. The number of piperazine rings is 1. The Morgan fingerprint density at radius 1 is 0.806 bits per heavy atom. The first-order chi connectivity index (χ1) is 15.2.